The third-order valence-corrected chi connectivity index (χ3v) is 3.27. The van der Waals surface area contributed by atoms with Crippen LogP contribution in [0.5, 0.6) is 0 Å². The lowest BCUT2D eigenvalue weighted by Gasteiger charge is -2.43. The fraction of sp³-hybridized carbons (Fsp3) is 0.900. The first-order valence-electron chi connectivity index (χ1n) is 4.89. The van der Waals surface area contributed by atoms with Crippen LogP contribution in [0.2, 0.25) is 0 Å². The molecule has 0 aromatic carbocycles. The molecule has 1 N–H and O–H groups in total. The first-order valence-corrected chi connectivity index (χ1v) is 4.89. The molecule has 1 aliphatic heterocycles. The molecule has 0 unspecified atom stereocenters. The van der Waals surface area contributed by atoms with Gasteiger partial charge in [0.2, 0.25) is 0 Å². The van der Waals surface area contributed by atoms with Crippen LogP contribution in [-0.4, -0.2) is 35.6 Å². The Morgan fingerprint density at radius 3 is 2.38 bits per heavy atom. The minimum atomic E-state index is -0.691. The van der Waals surface area contributed by atoms with Crippen LogP contribution < -0.4 is 0 Å². The highest BCUT2D eigenvalue weighted by Gasteiger charge is 2.53. The van der Waals surface area contributed by atoms with E-state index in [-0.39, 0.29) is 0 Å². The molecular formula is C10H17NO2. The van der Waals surface area contributed by atoms with Crippen LogP contribution in [0.4, 0.5) is 0 Å². The highest BCUT2D eigenvalue weighted by molar-refractivity contribution is 5.73. The molecular weight excluding hydrogens is 166 g/mol. The van der Waals surface area contributed by atoms with Crippen molar-refractivity contribution >= 4 is 5.97 Å². The second-order valence-electron chi connectivity index (χ2n) is 5.33. The van der Waals surface area contributed by atoms with Gasteiger partial charge >= 0.3 is 5.97 Å². The summed E-state index contributed by atoms with van der Waals surface area (Å²) < 4.78 is 0. The number of carboxylic acid groups (broad SMARTS) is 1. The van der Waals surface area contributed by atoms with Gasteiger partial charge in [-0.15, -0.1) is 0 Å². The molecule has 0 aromatic heterocycles. The summed E-state index contributed by atoms with van der Waals surface area (Å²) in [4.78, 5) is 13.1. The maximum atomic E-state index is 10.8. The molecule has 2 rings (SSSR count). The first kappa shape index (κ1) is 9.00. The number of hydrogen-bond donors (Lipinski definition) is 1. The van der Waals surface area contributed by atoms with Crippen molar-refractivity contribution in [3.63, 3.8) is 0 Å². The van der Waals surface area contributed by atoms with Gasteiger partial charge in [-0.1, -0.05) is 0 Å². The average molecular weight is 183 g/mol. The Balaban J connectivity index is 1.82. The van der Waals surface area contributed by atoms with Gasteiger partial charge in [0.25, 0.3) is 0 Å². The standard InChI is InChI=1S/C10H17NO2/c1-9(2,8(12)13)5-11-6-10(7-11)3-4-10/h3-7H2,1-2H3,(H,12,13). The molecule has 0 bridgehead atoms. The lowest BCUT2D eigenvalue weighted by Crippen LogP contribution is -2.53. The van der Waals surface area contributed by atoms with E-state index in [4.69, 9.17) is 5.11 Å². The van der Waals surface area contributed by atoms with E-state index < -0.39 is 11.4 Å². The van der Waals surface area contributed by atoms with Crippen molar-refractivity contribution in [2.45, 2.75) is 26.7 Å². The SMILES string of the molecule is CC(C)(CN1CC2(CC2)C1)C(=O)O. The Morgan fingerprint density at radius 2 is 2.00 bits per heavy atom. The maximum absolute atomic E-state index is 10.8. The smallest absolute Gasteiger partial charge is 0.310 e. The number of nitrogens with zero attached hydrogens (tertiary/aromatic N) is 1. The lowest BCUT2D eigenvalue weighted by atomic mass is 9.88. The zero-order chi connectivity index (χ0) is 9.69. The van der Waals surface area contributed by atoms with E-state index in [2.05, 4.69) is 4.90 Å². The largest absolute Gasteiger partial charge is 0.481 e. The predicted molar refractivity (Wildman–Crippen MR) is 49.5 cm³/mol. The van der Waals surface area contributed by atoms with Gasteiger partial charge in [-0.25, -0.2) is 0 Å². The normalized spacial score (nSPS) is 25.7. The van der Waals surface area contributed by atoms with Crippen molar-refractivity contribution in [1.82, 2.24) is 4.90 Å². The number of aliphatic carboxylic acids is 1. The van der Waals surface area contributed by atoms with E-state index in [1.165, 1.54) is 12.8 Å². The second kappa shape index (κ2) is 2.47. The third kappa shape index (κ3) is 1.57. The monoisotopic (exact) mass is 183 g/mol. The first-order chi connectivity index (χ1) is 5.94. The molecule has 2 aliphatic rings. The van der Waals surface area contributed by atoms with Gasteiger partial charge in [-0.2, -0.15) is 0 Å². The molecule has 0 aromatic rings. The summed E-state index contributed by atoms with van der Waals surface area (Å²) >= 11 is 0. The number of hydrogen-bond acceptors (Lipinski definition) is 2. The topological polar surface area (TPSA) is 40.5 Å². The van der Waals surface area contributed by atoms with Gasteiger partial charge < -0.3 is 10.0 Å². The zero-order valence-corrected chi connectivity index (χ0v) is 8.34. The quantitative estimate of drug-likeness (QED) is 0.714. The Kier molecular flexibility index (Phi) is 1.71. The van der Waals surface area contributed by atoms with Crippen LogP contribution in [-0.2, 0) is 4.79 Å². The Hall–Kier alpha value is -0.570. The molecule has 1 heterocycles. The van der Waals surface area contributed by atoms with E-state index in [1.54, 1.807) is 13.8 Å². The zero-order valence-electron chi connectivity index (χ0n) is 8.34. The van der Waals surface area contributed by atoms with Gasteiger partial charge in [0.1, 0.15) is 0 Å². The number of rotatable bonds is 3. The molecule has 13 heavy (non-hydrogen) atoms. The van der Waals surface area contributed by atoms with Gasteiger partial charge in [0.05, 0.1) is 5.41 Å². The summed E-state index contributed by atoms with van der Waals surface area (Å²) in [5, 5.41) is 8.93. The number of carboxylic acids is 1. The molecule has 1 saturated carbocycles. The van der Waals surface area contributed by atoms with Gasteiger partial charge in [-0.05, 0) is 32.1 Å². The van der Waals surface area contributed by atoms with Crippen molar-refractivity contribution in [1.29, 1.82) is 0 Å². The van der Waals surface area contributed by atoms with Crippen molar-refractivity contribution < 1.29 is 9.90 Å². The van der Waals surface area contributed by atoms with Crippen molar-refractivity contribution in [3.05, 3.63) is 0 Å². The van der Waals surface area contributed by atoms with Gasteiger partial charge in [0, 0.05) is 19.6 Å². The van der Waals surface area contributed by atoms with E-state index in [0.29, 0.717) is 12.0 Å². The molecule has 1 spiro atoms. The Labute approximate surface area is 78.7 Å². The fourth-order valence-corrected chi connectivity index (χ4v) is 2.13. The highest BCUT2D eigenvalue weighted by atomic mass is 16.4. The third-order valence-electron chi connectivity index (χ3n) is 3.27. The van der Waals surface area contributed by atoms with Gasteiger partial charge in [0.15, 0.2) is 0 Å². The molecule has 3 nitrogen and oxygen atoms in total. The van der Waals surface area contributed by atoms with E-state index >= 15 is 0 Å². The summed E-state index contributed by atoms with van der Waals surface area (Å²) in [6.07, 6.45) is 2.72. The summed E-state index contributed by atoms with van der Waals surface area (Å²) in [5.41, 5.74) is 0.0467. The molecule has 1 aliphatic carbocycles. The molecule has 2 fully saturated rings. The van der Waals surface area contributed by atoms with Crippen LogP contribution in [0.15, 0.2) is 0 Å². The van der Waals surface area contributed by atoms with E-state index in [0.717, 1.165) is 13.1 Å². The number of carbonyl (C=O) groups is 1. The Morgan fingerprint density at radius 1 is 1.46 bits per heavy atom. The second-order valence-corrected chi connectivity index (χ2v) is 5.33. The minimum Gasteiger partial charge on any atom is -0.481 e. The molecule has 0 radical (unpaired) electrons. The maximum Gasteiger partial charge on any atom is 0.310 e. The summed E-state index contributed by atoms with van der Waals surface area (Å²) in [6.45, 7) is 6.55. The van der Waals surface area contributed by atoms with Gasteiger partial charge in [-0.3, -0.25) is 4.79 Å². The number of likely N-dealkylation sites (tertiary alicyclic amines) is 1. The minimum absolute atomic E-state index is 0.587. The molecule has 74 valence electrons. The highest BCUT2D eigenvalue weighted by Crippen LogP contribution is 2.53. The predicted octanol–water partition coefficient (Wildman–Crippen LogP) is 1.19. The van der Waals surface area contributed by atoms with E-state index in [9.17, 15) is 4.79 Å². The van der Waals surface area contributed by atoms with Crippen LogP contribution in [0.3, 0.4) is 0 Å². The molecule has 0 atom stereocenters. The van der Waals surface area contributed by atoms with Crippen molar-refractivity contribution in [3.8, 4) is 0 Å². The van der Waals surface area contributed by atoms with Crippen LogP contribution in [0.1, 0.15) is 26.7 Å². The Bertz CT molecular complexity index is 235. The summed E-state index contributed by atoms with van der Waals surface area (Å²) in [6, 6.07) is 0. The summed E-state index contributed by atoms with van der Waals surface area (Å²) in [7, 11) is 0. The molecule has 3 heteroatoms. The van der Waals surface area contributed by atoms with Crippen LogP contribution >= 0.6 is 0 Å². The van der Waals surface area contributed by atoms with Crippen LogP contribution in [0, 0.1) is 10.8 Å². The molecule has 1 saturated heterocycles. The summed E-state index contributed by atoms with van der Waals surface area (Å²) in [5.74, 6) is -0.691. The van der Waals surface area contributed by atoms with Crippen LogP contribution in [0.25, 0.3) is 0 Å². The fourth-order valence-electron chi connectivity index (χ4n) is 2.13. The lowest BCUT2D eigenvalue weighted by molar-refractivity contribution is -0.149. The molecule has 0 amide bonds. The van der Waals surface area contributed by atoms with Crippen molar-refractivity contribution in [2.24, 2.45) is 10.8 Å². The average Bonchev–Trinajstić information content (AvgIpc) is 2.65. The van der Waals surface area contributed by atoms with E-state index in [1.807, 2.05) is 0 Å². The van der Waals surface area contributed by atoms with Crippen molar-refractivity contribution in [2.75, 3.05) is 19.6 Å².